The molecule has 0 aliphatic carbocycles. The molecular weight excluding hydrogens is 382 g/mol. The fourth-order valence-electron chi connectivity index (χ4n) is 2.43. The molecule has 0 fully saturated rings. The molecule has 8 heteroatoms. The first-order valence-corrected chi connectivity index (χ1v) is 8.83. The Morgan fingerprint density at radius 1 is 1.11 bits per heavy atom. The SMILES string of the molecule is COc1ccc(C(=O)N/N=C(/C)CC(=O)Nc2ccc(Cl)cc2C)c(OC)c1. The van der Waals surface area contributed by atoms with Gasteiger partial charge in [-0.05, 0) is 49.7 Å². The van der Waals surface area contributed by atoms with Crippen LogP contribution in [-0.4, -0.2) is 31.7 Å². The summed E-state index contributed by atoms with van der Waals surface area (Å²) in [5, 5.41) is 7.38. The summed E-state index contributed by atoms with van der Waals surface area (Å²) < 4.78 is 10.3. The van der Waals surface area contributed by atoms with Crippen LogP contribution in [0.2, 0.25) is 5.02 Å². The summed E-state index contributed by atoms with van der Waals surface area (Å²) in [5.41, 5.74) is 4.72. The highest BCUT2D eigenvalue weighted by Crippen LogP contribution is 2.24. The van der Waals surface area contributed by atoms with Gasteiger partial charge in [-0.2, -0.15) is 5.10 Å². The summed E-state index contributed by atoms with van der Waals surface area (Å²) in [7, 11) is 2.99. The minimum Gasteiger partial charge on any atom is -0.497 e. The topological polar surface area (TPSA) is 89.0 Å². The quantitative estimate of drug-likeness (QED) is 0.543. The van der Waals surface area contributed by atoms with Crippen LogP contribution in [0, 0.1) is 6.92 Å². The lowest BCUT2D eigenvalue weighted by atomic mass is 10.2. The number of carbonyl (C=O) groups is 2. The second kappa shape index (κ2) is 9.75. The van der Waals surface area contributed by atoms with E-state index in [1.54, 1.807) is 43.3 Å². The summed E-state index contributed by atoms with van der Waals surface area (Å²) in [5.74, 6) is 0.235. The van der Waals surface area contributed by atoms with Crippen LogP contribution in [0.15, 0.2) is 41.5 Å². The van der Waals surface area contributed by atoms with Crippen LogP contribution >= 0.6 is 11.6 Å². The van der Waals surface area contributed by atoms with Crippen molar-refractivity contribution in [1.29, 1.82) is 0 Å². The molecule has 2 aromatic carbocycles. The van der Waals surface area contributed by atoms with E-state index >= 15 is 0 Å². The van der Waals surface area contributed by atoms with Gasteiger partial charge in [0.1, 0.15) is 11.5 Å². The molecule has 0 heterocycles. The van der Waals surface area contributed by atoms with Crippen LogP contribution in [0.3, 0.4) is 0 Å². The van der Waals surface area contributed by atoms with E-state index in [0.717, 1.165) is 5.56 Å². The summed E-state index contributed by atoms with van der Waals surface area (Å²) in [4.78, 5) is 24.5. The van der Waals surface area contributed by atoms with Crippen LogP contribution in [0.1, 0.15) is 29.3 Å². The van der Waals surface area contributed by atoms with E-state index in [-0.39, 0.29) is 12.3 Å². The predicted octanol–water partition coefficient (Wildman–Crippen LogP) is 3.80. The molecule has 2 amide bonds. The van der Waals surface area contributed by atoms with Crippen molar-refractivity contribution in [2.75, 3.05) is 19.5 Å². The van der Waals surface area contributed by atoms with Gasteiger partial charge < -0.3 is 14.8 Å². The average molecular weight is 404 g/mol. The molecule has 0 saturated heterocycles. The maximum absolute atomic E-state index is 12.3. The van der Waals surface area contributed by atoms with Gasteiger partial charge in [0.05, 0.1) is 26.2 Å². The van der Waals surface area contributed by atoms with Crippen LogP contribution in [0.25, 0.3) is 0 Å². The van der Waals surface area contributed by atoms with Crippen molar-refractivity contribution in [3.63, 3.8) is 0 Å². The molecule has 2 N–H and O–H groups in total. The number of ether oxygens (including phenoxy) is 2. The fourth-order valence-corrected chi connectivity index (χ4v) is 2.65. The van der Waals surface area contributed by atoms with Crippen LogP contribution < -0.4 is 20.2 Å². The zero-order valence-electron chi connectivity index (χ0n) is 16.1. The van der Waals surface area contributed by atoms with Gasteiger partial charge in [-0.1, -0.05) is 11.6 Å². The first-order valence-electron chi connectivity index (χ1n) is 8.45. The van der Waals surface area contributed by atoms with E-state index in [4.69, 9.17) is 21.1 Å². The number of aryl methyl sites for hydroxylation is 1. The van der Waals surface area contributed by atoms with Crippen molar-refractivity contribution in [3.8, 4) is 11.5 Å². The highest BCUT2D eigenvalue weighted by atomic mass is 35.5. The van der Waals surface area contributed by atoms with E-state index in [1.807, 2.05) is 6.92 Å². The molecule has 0 saturated carbocycles. The Hall–Kier alpha value is -3.06. The van der Waals surface area contributed by atoms with E-state index < -0.39 is 5.91 Å². The minimum absolute atomic E-state index is 0.0299. The number of hydrogen-bond donors (Lipinski definition) is 2. The van der Waals surface area contributed by atoms with Gasteiger partial charge in [-0.15, -0.1) is 0 Å². The summed E-state index contributed by atoms with van der Waals surface area (Å²) >= 11 is 5.91. The molecule has 2 aromatic rings. The van der Waals surface area contributed by atoms with E-state index in [9.17, 15) is 9.59 Å². The highest BCUT2D eigenvalue weighted by Gasteiger charge is 2.13. The second-order valence-electron chi connectivity index (χ2n) is 6.04. The number of nitrogens with one attached hydrogen (secondary N) is 2. The molecule has 0 bridgehead atoms. The first kappa shape index (κ1) is 21.2. The molecule has 0 aliphatic heterocycles. The van der Waals surface area contributed by atoms with Gasteiger partial charge in [-0.25, -0.2) is 5.43 Å². The highest BCUT2D eigenvalue weighted by molar-refractivity contribution is 6.30. The Morgan fingerprint density at radius 3 is 2.50 bits per heavy atom. The third kappa shape index (κ3) is 5.72. The number of hydrazone groups is 1. The lowest BCUT2D eigenvalue weighted by Gasteiger charge is -2.10. The van der Waals surface area contributed by atoms with Crippen molar-refractivity contribution < 1.29 is 19.1 Å². The average Bonchev–Trinajstić information content (AvgIpc) is 2.67. The largest absolute Gasteiger partial charge is 0.497 e. The lowest BCUT2D eigenvalue weighted by molar-refractivity contribution is -0.115. The van der Waals surface area contributed by atoms with Crippen molar-refractivity contribution in [2.45, 2.75) is 20.3 Å². The Morgan fingerprint density at radius 2 is 1.86 bits per heavy atom. The predicted molar refractivity (Wildman–Crippen MR) is 110 cm³/mol. The van der Waals surface area contributed by atoms with Crippen LogP contribution in [0.4, 0.5) is 5.69 Å². The monoisotopic (exact) mass is 403 g/mol. The molecule has 148 valence electrons. The van der Waals surface area contributed by atoms with Gasteiger partial charge in [0.25, 0.3) is 5.91 Å². The fraction of sp³-hybridized carbons (Fsp3) is 0.250. The summed E-state index contributed by atoms with van der Waals surface area (Å²) in [6, 6.07) is 10.0. The zero-order valence-corrected chi connectivity index (χ0v) is 16.9. The Kier molecular flexibility index (Phi) is 7.40. The Balaban J connectivity index is 1.98. The third-order valence-electron chi connectivity index (χ3n) is 3.88. The minimum atomic E-state index is -0.451. The van der Waals surface area contributed by atoms with Gasteiger partial charge in [0, 0.05) is 22.5 Å². The number of benzene rings is 2. The van der Waals surface area contributed by atoms with Crippen molar-refractivity contribution in [3.05, 3.63) is 52.5 Å². The number of anilines is 1. The molecule has 7 nitrogen and oxygen atoms in total. The molecule has 0 aliphatic rings. The van der Waals surface area contributed by atoms with Crippen molar-refractivity contribution >= 4 is 34.8 Å². The third-order valence-corrected chi connectivity index (χ3v) is 4.12. The van der Waals surface area contributed by atoms with Crippen LogP contribution in [-0.2, 0) is 4.79 Å². The van der Waals surface area contributed by atoms with Gasteiger partial charge in [0.15, 0.2) is 0 Å². The maximum atomic E-state index is 12.3. The number of carbonyl (C=O) groups excluding carboxylic acids is 2. The maximum Gasteiger partial charge on any atom is 0.275 e. The number of rotatable bonds is 7. The van der Waals surface area contributed by atoms with E-state index in [0.29, 0.717) is 33.5 Å². The Bertz CT molecular complexity index is 912. The van der Waals surface area contributed by atoms with Crippen molar-refractivity contribution in [2.24, 2.45) is 5.10 Å². The summed E-state index contributed by atoms with van der Waals surface area (Å²) in [6.07, 6.45) is 0.0299. The standard InChI is InChI=1S/C20H22ClN3O4/c1-12-9-14(21)5-8-17(12)22-19(25)10-13(2)23-24-20(26)16-7-6-15(27-3)11-18(16)28-4/h5-9,11H,10H2,1-4H3,(H,22,25)(H,24,26)/b23-13-. The van der Waals surface area contributed by atoms with Gasteiger partial charge in [-0.3, -0.25) is 9.59 Å². The first-order chi connectivity index (χ1) is 13.3. The lowest BCUT2D eigenvalue weighted by Crippen LogP contribution is -2.22. The van der Waals surface area contributed by atoms with E-state index in [2.05, 4.69) is 15.8 Å². The van der Waals surface area contributed by atoms with Gasteiger partial charge >= 0.3 is 0 Å². The number of nitrogens with zero attached hydrogens (tertiary/aromatic N) is 1. The normalized spacial score (nSPS) is 11.0. The zero-order chi connectivity index (χ0) is 20.7. The molecule has 0 atom stereocenters. The number of hydrogen-bond acceptors (Lipinski definition) is 5. The molecule has 0 unspecified atom stereocenters. The second-order valence-corrected chi connectivity index (χ2v) is 6.47. The number of halogens is 1. The molecule has 0 spiro atoms. The smallest absolute Gasteiger partial charge is 0.275 e. The van der Waals surface area contributed by atoms with Crippen LogP contribution in [0.5, 0.6) is 11.5 Å². The summed E-state index contributed by atoms with van der Waals surface area (Å²) in [6.45, 7) is 3.50. The number of amides is 2. The molecule has 0 radical (unpaired) electrons. The molecule has 0 aromatic heterocycles. The molecule has 2 rings (SSSR count). The van der Waals surface area contributed by atoms with Crippen molar-refractivity contribution in [1.82, 2.24) is 5.43 Å². The number of methoxy groups -OCH3 is 2. The Labute approximate surface area is 168 Å². The van der Waals surface area contributed by atoms with Gasteiger partial charge in [0.2, 0.25) is 5.91 Å². The van der Waals surface area contributed by atoms with E-state index in [1.165, 1.54) is 14.2 Å². The molecular formula is C20H22ClN3O4. The molecule has 28 heavy (non-hydrogen) atoms.